The van der Waals surface area contributed by atoms with Crippen LogP contribution >= 0.6 is 0 Å². The zero-order valence-corrected chi connectivity index (χ0v) is 11.6. The minimum atomic E-state index is -0.589. The van der Waals surface area contributed by atoms with Crippen molar-refractivity contribution in [3.8, 4) is 11.5 Å². The van der Waals surface area contributed by atoms with E-state index in [0.29, 0.717) is 22.6 Å². The Balaban J connectivity index is 2.03. The predicted octanol–water partition coefficient (Wildman–Crippen LogP) is 3.34. The summed E-state index contributed by atoms with van der Waals surface area (Å²) >= 11 is 0. The van der Waals surface area contributed by atoms with Crippen molar-refractivity contribution in [3.05, 3.63) is 53.8 Å². The number of aromatic nitrogens is 1. The quantitative estimate of drug-likeness (QED) is 0.725. The molecule has 0 saturated heterocycles. The molecule has 1 heterocycles. The van der Waals surface area contributed by atoms with Gasteiger partial charge < -0.3 is 9.32 Å². The lowest BCUT2D eigenvalue weighted by Gasteiger charge is -2.11. The molecule has 4 nitrogen and oxygen atoms in total. The number of oxazole rings is 1. The summed E-state index contributed by atoms with van der Waals surface area (Å²) in [6, 6.07) is 11.7. The van der Waals surface area contributed by atoms with Gasteiger partial charge in [0.25, 0.3) is 5.91 Å². The van der Waals surface area contributed by atoms with Crippen LogP contribution in [0.15, 0.2) is 46.9 Å². The highest BCUT2D eigenvalue weighted by Crippen LogP contribution is 2.25. The first-order chi connectivity index (χ1) is 10.1. The van der Waals surface area contributed by atoms with Gasteiger partial charge in [-0.25, -0.2) is 9.37 Å². The van der Waals surface area contributed by atoms with E-state index in [1.54, 1.807) is 26.2 Å². The fourth-order valence-corrected chi connectivity index (χ4v) is 2.06. The van der Waals surface area contributed by atoms with E-state index in [1.807, 2.05) is 18.2 Å². The molecule has 5 heteroatoms. The summed E-state index contributed by atoms with van der Waals surface area (Å²) in [7, 11) is 3.16. The van der Waals surface area contributed by atoms with E-state index in [1.165, 1.54) is 17.0 Å². The molecule has 0 spiro atoms. The molecule has 0 atom stereocenters. The second-order valence-corrected chi connectivity index (χ2v) is 4.88. The number of nitrogens with zero attached hydrogens (tertiary/aromatic N) is 2. The molecule has 0 aliphatic rings. The highest BCUT2D eigenvalue weighted by atomic mass is 19.1. The van der Waals surface area contributed by atoms with Gasteiger partial charge in [0, 0.05) is 19.7 Å². The maximum Gasteiger partial charge on any atom is 0.256 e. The molecule has 106 valence electrons. The maximum atomic E-state index is 14.1. The normalized spacial score (nSPS) is 10.8. The topological polar surface area (TPSA) is 46.3 Å². The predicted molar refractivity (Wildman–Crippen MR) is 77.4 cm³/mol. The van der Waals surface area contributed by atoms with E-state index in [4.69, 9.17) is 4.42 Å². The second kappa shape index (κ2) is 5.01. The van der Waals surface area contributed by atoms with Gasteiger partial charge in [-0.3, -0.25) is 4.79 Å². The molecule has 1 aromatic heterocycles. The fourth-order valence-electron chi connectivity index (χ4n) is 2.06. The zero-order chi connectivity index (χ0) is 15.0. The van der Waals surface area contributed by atoms with Gasteiger partial charge >= 0.3 is 0 Å². The Labute approximate surface area is 120 Å². The third-order valence-corrected chi connectivity index (χ3v) is 3.15. The first kappa shape index (κ1) is 13.3. The van der Waals surface area contributed by atoms with Crippen molar-refractivity contribution >= 4 is 17.0 Å². The summed E-state index contributed by atoms with van der Waals surface area (Å²) in [6.07, 6.45) is 0. The molecule has 0 saturated carbocycles. The van der Waals surface area contributed by atoms with Crippen molar-refractivity contribution in [3.63, 3.8) is 0 Å². The van der Waals surface area contributed by atoms with Gasteiger partial charge in [-0.1, -0.05) is 12.1 Å². The lowest BCUT2D eigenvalue weighted by Crippen LogP contribution is -2.22. The van der Waals surface area contributed by atoms with Crippen LogP contribution in [0.5, 0.6) is 0 Å². The standard InChI is InChI=1S/C16H13FN2O2/c1-19(2)16(20)11-8-7-10(9-12(11)17)15-18-13-5-3-4-6-14(13)21-15/h3-9H,1-2H3. The van der Waals surface area contributed by atoms with Crippen LogP contribution in [0.2, 0.25) is 0 Å². The molecular formula is C16H13FN2O2. The van der Waals surface area contributed by atoms with Crippen LogP contribution in [-0.4, -0.2) is 29.9 Å². The Hall–Kier alpha value is -2.69. The van der Waals surface area contributed by atoms with Gasteiger partial charge in [-0.15, -0.1) is 0 Å². The molecule has 0 N–H and O–H groups in total. The Bertz CT molecular complexity index is 791. The third-order valence-electron chi connectivity index (χ3n) is 3.15. The summed E-state index contributed by atoms with van der Waals surface area (Å²) in [5, 5.41) is 0. The number of rotatable bonds is 2. The van der Waals surface area contributed by atoms with Crippen LogP contribution < -0.4 is 0 Å². The van der Waals surface area contributed by atoms with Crippen molar-refractivity contribution in [2.45, 2.75) is 0 Å². The van der Waals surface area contributed by atoms with Crippen molar-refractivity contribution < 1.29 is 13.6 Å². The Morgan fingerprint density at radius 1 is 1.19 bits per heavy atom. The highest BCUT2D eigenvalue weighted by molar-refractivity contribution is 5.94. The minimum Gasteiger partial charge on any atom is -0.436 e. The van der Waals surface area contributed by atoms with E-state index in [-0.39, 0.29) is 11.5 Å². The third kappa shape index (κ3) is 2.38. The lowest BCUT2D eigenvalue weighted by molar-refractivity contribution is 0.0823. The van der Waals surface area contributed by atoms with Crippen LogP contribution in [0.4, 0.5) is 4.39 Å². The number of amides is 1. The fraction of sp³-hybridized carbons (Fsp3) is 0.125. The summed E-state index contributed by atoms with van der Waals surface area (Å²) in [5.41, 5.74) is 1.88. The molecule has 0 radical (unpaired) electrons. The van der Waals surface area contributed by atoms with Crippen LogP contribution in [0.25, 0.3) is 22.6 Å². The van der Waals surface area contributed by atoms with Gasteiger partial charge in [-0.2, -0.15) is 0 Å². The Kier molecular flexibility index (Phi) is 3.17. The summed E-state index contributed by atoms with van der Waals surface area (Å²) in [6.45, 7) is 0. The second-order valence-electron chi connectivity index (χ2n) is 4.88. The van der Waals surface area contributed by atoms with E-state index in [9.17, 15) is 9.18 Å². The first-order valence-corrected chi connectivity index (χ1v) is 6.43. The molecule has 0 aliphatic carbocycles. The number of halogens is 1. The molecule has 3 aromatic rings. The SMILES string of the molecule is CN(C)C(=O)c1ccc(-c2nc3ccccc3o2)cc1F. The van der Waals surface area contributed by atoms with E-state index < -0.39 is 5.82 Å². The van der Waals surface area contributed by atoms with Crippen molar-refractivity contribution in [2.75, 3.05) is 14.1 Å². The van der Waals surface area contributed by atoms with Crippen LogP contribution in [-0.2, 0) is 0 Å². The highest BCUT2D eigenvalue weighted by Gasteiger charge is 2.16. The van der Waals surface area contributed by atoms with Crippen molar-refractivity contribution in [1.29, 1.82) is 0 Å². The number of hydrogen-bond acceptors (Lipinski definition) is 3. The van der Waals surface area contributed by atoms with Gasteiger partial charge in [0.15, 0.2) is 5.58 Å². The number of fused-ring (bicyclic) bond motifs is 1. The molecule has 0 aliphatic heterocycles. The molecule has 21 heavy (non-hydrogen) atoms. The molecule has 0 fully saturated rings. The summed E-state index contributed by atoms with van der Waals surface area (Å²) in [5.74, 6) is -0.635. The van der Waals surface area contributed by atoms with Crippen molar-refractivity contribution in [2.24, 2.45) is 0 Å². The average Bonchev–Trinajstić information content (AvgIpc) is 2.90. The van der Waals surface area contributed by atoms with Crippen LogP contribution in [0.1, 0.15) is 10.4 Å². The smallest absolute Gasteiger partial charge is 0.256 e. The number of hydrogen-bond donors (Lipinski definition) is 0. The molecule has 2 aromatic carbocycles. The molecule has 0 unspecified atom stereocenters. The first-order valence-electron chi connectivity index (χ1n) is 6.43. The average molecular weight is 284 g/mol. The number of benzene rings is 2. The molecular weight excluding hydrogens is 271 g/mol. The monoisotopic (exact) mass is 284 g/mol. The Morgan fingerprint density at radius 3 is 2.62 bits per heavy atom. The lowest BCUT2D eigenvalue weighted by atomic mass is 10.1. The number of para-hydroxylation sites is 2. The van der Waals surface area contributed by atoms with Gasteiger partial charge in [-0.05, 0) is 30.3 Å². The summed E-state index contributed by atoms with van der Waals surface area (Å²) in [4.78, 5) is 17.4. The maximum absolute atomic E-state index is 14.1. The van der Waals surface area contributed by atoms with E-state index in [2.05, 4.69) is 4.98 Å². The van der Waals surface area contributed by atoms with Crippen LogP contribution in [0.3, 0.4) is 0 Å². The van der Waals surface area contributed by atoms with Gasteiger partial charge in [0.05, 0.1) is 5.56 Å². The zero-order valence-electron chi connectivity index (χ0n) is 11.6. The van der Waals surface area contributed by atoms with E-state index in [0.717, 1.165) is 0 Å². The number of carbonyl (C=O) groups excluding carboxylic acids is 1. The molecule has 3 rings (SSSR count). The van der Waals surface area contributed by atoms with Crippen LogP contribution in [0, 0.1) is 5.82 Å². The summed E-state index contributed by atoms with van der Waals surface area (Å²) < 4.78 is 19.7. The minimum absolute atomic E-state index is 0.0276. The van der Waals surface area contributed by atoms with Gasteiger partial charge in [0.2, 0.25) is 5.89 Å². The van der Waals surface area contributed by atoms with E-state index >= 15 is 0 Å². The molecule has 0 bridgehead atoms. The number of carbonyl (C=O) groups is 1. The largest absolute Gasteiger partial charge is 0.436 e. The molecule has 1 amide bonds. The van der Waals surface area contributed by atoms with Crippen molar-refractivity contribution in [1.82, 2.24) is 9.88 Å². The Morgan fingerprint density at radius 2 is 1.95 bits per heavy atom. The van der Waals surface area contributed by atoms with Gasteiger partial charge in [0.1, 0.15) is 11.3 Å².